The number of hydrogen-bond donors (Lipinski definition) is 3. The fourth-order valence-electron chi connectivity index (χ4n) is 3.48. The lowest BCUT2D eigenvalue weighted by Crippen LogP contribution is -2.47. The monoisotopic (exact) mass is 546 g/mol. The van der Waals surface area contributed by atoms with Crippen molar-refractivity contribution < 1.29 is 19.1 Å². The molecule has 0 spiro atoms. The van der Waals surface area contributed by atoms with Crippen LogP contribution < -0.4 is 15.4 Å². The lowest BCUT2D eigenvalue weighted by molar-refractivity contribution is 0.0706. The highest BCUT2D eigenvalue weighted by Gasteiger charge is 2.26. The Morgan fingerprint density at radius 3 is 2.53 bits per heavy atom. The Kier molecular flexibility index (Phi) is 7.43. The molecule has 2 aromatic heterocycles. The summed E-state index contributed by atoms with van der Waals surface area (Å²) in [4.78, 5) is 43.0. The minimum Gasteiger partial charge on any atom is -0.388 e. The molecule has 3 N–H and O–H groups in total. The maximum Gasteiger partial charge on any atom is 0.414 e. The number of aromatic nitrogens is 3. The number of amides is 3. The molecule has 12 heteroatoms. The zero-order chi connectivity index (χ0) is 24.1. The van der Waals surface area contributed by atoms with Gasteiger partial charge in [-0.25, -0.2) is 4.79 Å². The molecule has 34 heavy (non-hydrogen) atoms. The molecule has 0 aliphatic carbocycles. The van der Waals surface area contributed by atoms with E-state index in [0.29, 0.717) is 42.1 Å². The van der Waals surface area contributed by atoms with Gasteiger partial charge in [0.1, 0.15) is 10.3 Å². The van der Waals surface area contributed by atoms with Gasteiger partial charge in [0.15, 0.2) is 0 Å². The van der Waals surface area contributed by atoms with Gasteiger partial charge in [-0.1, -0.05) is 23.7 Å². The largest absolute Gasteiger partial charge is 0.414 e. The number of carbonyl (C=O) groups excluding carboxylic acids is 3. The third-order valence-corrected chi connectivity index (χ3v) is 6.32. The quantitative estimate of drug-likeness (QED) is 0.445. The summed E-state index contributed by atoms with van der Waals surface area (Å²) in [7, 11) is 0. The molecule has 1 aliphatic rings. The van der Waals surface area contributed by atoms with Gasteiger partial charge in [-0.15, -0.1) is 5.10 Å². The van der Waals surface area contributed by atoms with E-state index in [1.807, 2.05) is 0 Å². The number of hydrogen-bond acceptors (Lipinski definition) is 6. The average molecular weight is 548 g/mol. The fourth-order valence-corrected chi connectivity index (χ4v) is 4.06. The second kappa shape index (κ2) is 10.7. The molecule has 1 aromatic carbocycles. The average Bonchev–Trinajstić information content (AvgIpc) is 3.18. The van der Waals surface area contributed by atoms with E-state index >= 15 is 0 Å². The van der Waals surface area contributed by atoms with E-state index in [1.165, 1.54) is 0 Å². The summed E-state index contributed by atoms with van der Waals surface area (Å²) in [6.45, 7) is 1.02. The fraction of sp³-hybridized carbons (Fsp3) is 0.227. The molecule has 3 heterocycles. The number of pyridine rings is 1. The van der Waals surface area contributed by atoms with Crippen LogP contribution in [-0.2, 0) is 0 Å². The minimum absolute atomic E-state index is 0.0303. The first-order valence-corrected chi connectivity index (χ1v) is 11.6. The topological polar surface area (TPSA) is 129 Å². The third-order valence-electron chi connectivity index (χ3n) is 5.25. The van der Waals surface area contributed by atoms with Gasteiger partial charge < -0.3 is 20.3 Å². The Bertz CT molecular complexity index is 1200. The molecule has 10 nitrogen and oxygen atoms in total. The summed E-state index contributed by atoms with van der Waals surface area (Å²) < 4.78 is 5.56. The van der Waals surface area contributed by atoms with Crippen molar-refractivity contribution in [2.24, 2.45) is 0 Å². The van der Waals surface area contributed by atoms with Crippen LogP contribution in [0.4, 0.5) is 10.6 Å². The Morgan fingerprint density at radius 1 is 1.12 bits per heavy atom. The van der Waals surface area contributed by atoms with Crippen LogP contribution in [0.3, 0.4) is 0 Å². The minimum atomic E-state index is -0.685. The van der Waals surface area contributed by atoms with Gasteiger partial charge in [0, 0.05) is 37.1 Å². The molecule has 1 saturated heterocycles. The third kappa shape index (κ3) is 5.54. The number of ether oxygens (including phenoxy) is 1. The van der Waals surface area contributed by atoms with Crippen molar-refractivity contribution in [3.05, 3.63) is 69.4 Å². The van der Waals surface area contributed by atoms with Crippen LogP contribution in [0.2, 0.25) is 5.02 Å². The number of rotatable bonds is 5. The number of anilines is 1. The van der Waals surface area contributed by atoms with Gasteiger partial charge in [0.2, 0.25) is 0 Å². The molecular formula is C22H20BrClN6O4. The molecule has 0 saturated carbocycles. The van der Waals surface area contributed by atoms with Crippen molar-refractivity contribution in [2.45, 2.75) is 18.9 Å². The van der Waals surface area contributed by atoms with Crippen molar-refractivity contribution in [3.8, 4) is 5.88 Å². The van der Waals surface area contributed by atoms with Crippen LogP contribution in [0.25, 0.3) is 0 Å². The van der Waals surface area contributed by atoms with Crippen molar-refractivity contribution in [2.75, 3.05) is 18.4 Å². The van der Waals surface area contributed by atoms with E-state index in [1.54, 1.807) is 53.7 Å². The number of likely N-dealkylation sites (tertiary alicyclic amines) is 1. The number of nitrogens with zero attached hydrogens (tertiary/aromatic N) is 3. The molecule has 0 radical (unpaired) electrons. The van der Waals surface area contributed by atoms with E-state index in [-0.39, 0.29) is 28.1 Å². The Balaban J connectivity index is 1.28. The van der Waals surface area contributed by atoms with Crippen molar-refractivity contribution in [3.63, 3.8) is 0 Å². The van der Waals surface area contributed by atoms with Crippen molar-refractivity contribution >= 4 is 51.3 Å². The number of benzene rings is 1. The highest BCUT2D eigenvalue weighted by Crippen LogP contribution is 2.30. The molecule has 3 amide bonds. The number of nitrogens with one attached hydrogen (secondary N) is 3. The van der Waals surface area contributed by atoms with Crippen LogP contribution in [0.15, 0.2) is 53.3 Å². The number of H-pyrrole nitrogens is 1. The standard InChI is InChI=1S/C22H20BrClN6O4/c23-17-18(27-19(31)15-3-1-2-4-16(15)24)28-29-20(17)34-22(33)26-14-7-11-30(12-8-14)21(32)13-5-9-25-10-6-13/h1-6,9-10,14H,7-8,11-12H2,(H,26,33)(H2,27,28,29,31). The summed E-state index contributed by atoms with van der Waals surface area (Å²) in [6.07, 6.45) is 3.66. The Hall–Kier alpha value is -3.44. The SMILES string of the molecule is O=C(NC1CCN(C(=O)c2ccncc2)CC1)Oc1n[nH]c(NC(=O)c2ccccc2Cl)c1Br. The normalized spacial score (nSPS) is 13.9. The Labute approximate surface area is 208 Å². The summed E-state index contributed by atoms with van der Waals surface area (Å²) in [5.41, 5.74) is 0.876. The first-order chi connectivity index (χ1) is 16.4. The van der Waals surface area contributed by atoms with Gasteiger partial charge in [0.05, 0.1) is 10.6 Å². The lowest BCUT2D eigenvalue weighted by atomic mass is 10.0. The predicted octanol–water partition coefficient (Wildman–Crippen LogP) is 3.87. The van der Waals surface area contributed by atoms with Crippen LogP contribution >= 0.6 is 27.5 Å². The molecule has 4 rings (SSSR count). The van der Waals surface area contributed by atoms with Crippen LogP contribution in [0.5, 0.6) is 5.88 Å². The van der Waals surface area contributed by atoms with E-state index in [2.05, 4.69) is 41.7 Å². The maximum atomic E-state index is 12.5. The highest BCUT2D eigenvalue weighted by molar-refractivity contribution is 9.10. The van der Waals surface area contributed by atoms with E-state index in [9.17, 15) is 14.4 Å². The first-order valence-electron chi connectivity index (χ1n) is 10.4. The molecule has 0 atom stereocenters. The molecular weight excluding hydrogens is 528 g/mol. The predicted molar refractivity (Wildman–Crippen MR) is 128 cm³/mol. The van der Waals surface area contributed by atoms with Crippen LogP contribution in [0, 0.1) is 0 Å². The van der Waals surface area contributed by atoms with E-state index in [0.717, 1.165) is 0 Å². The van der Waals surface area contributed by atoms with Gasteiger partial charge in [-0.2, -0.15) is 0 Å². The number of piperidine rings is 1. The molecule has 1 aliphatic heterocycles. The van der Waals surface area contributed by atoms with Crippen LogP contribution in [0.1, 0.15) is 33.6 Å². The maximum absolute atomic E-state index is 12.5. The van der Waals surface area contributed by atoms with Crippen LogP contribution in [-0.4, -0.2) is 57.1 Å². The van der Waals surface area contributed by atoms with Gasteiger partial charge in [0.25, 0.3) is 17.7 Å². The van der Waals surface area contributed by atoms with Gasteiger partial charge >= 0.3 is 6.09 Å². The number of aromatic amines is 1. The smallest absolute Gasteiger partial charge is 0.388 e. The second-order valence-corrected chi connectivity index (χ2v) is 8.69. The van der Waals surface area contributed by atoms with Gasteiger partial charge in [-0.3, -0.25) is 19.7 Å². The Morgan fingerprint density at radius 2 is 1.82 bits per heavy atom. The highest BCUT2D eigenvalue weighted by atomic mass is 79.9. The zero-order valence-corrected chi connectivity index (χ0v) is 20.1. The molecule has 1 fully saturated rings. The zero-order valence-electron chi connectivity index (χ0n) is 17.8. The summed E-state index contributed by atoms with van der Waals surface area (Å²) in [5.74, 6) is -0.317. The lowest BCUT2D eigenvalue weighted by Gasteiger charge is -2.32. The molecule has 3 aromatic rings. The van der Waals surface area contributed by atoms with Crippen molar-refractivity contribution in [1.82, 2.24) is 25.4 Å². The second-order valence-electron chi connectivity index (χ2n) is 7.49. The van der Waals surface area contributed by atoms with E-state index in [4.69, 9.17) is 16.3 Å². The molecule has 0 bridgehead atoms. The number of carbonyl (C=O) groups is 3. The first kappa shape index (κ1) is 23.7. The summed E-state index contributed by atoms with van der Waals surface area (Å²) in [5, 5.41) is 12.3. The molecule has 0 unspecified atom stereocenters. The van der Waals surface area contributed by atoms with Crippen molar-refractivity contribution in [1.29, 1.82) is 0 Å². The summed E-state index contributed by atoms with van der Waals surface area (Å²) in [6, 6.07) is 9.82. The number of halogens is 2. The molecule has 176 valence electrons. The summed E-state index contributed by atoms with van der Waals surface area (Å²) >= 11 is 9.32. The van der Waals surface area contributed by atoms with E-state index < -0.39 is 12.0 Å². The van der Waals surface area contributed by atoms with Gasteiger partial charge in [-0.05, 0) is 53.0 Å².